The number of rotatable bonds is 7. The first-order valence-corrected chi connectivity index (χ1v) is 12.4. The first kappa shape index (κ1) is 25.9. The van der Waals surface area contributed by atoms with E-state index in [1.165, 1.54) is 17.4 Å². The van der Waals surface area contributed by atoms with Crippen molar-refractivity contribution in [1.82, 2.24) is 14.5 Å². The van der Waals surface area contributed by atoms with Crippen LogP contribution in [0, 0.1) is 5.92 Å². The van der Waals surface area contributed by atoms with E-state index in [9.17, 15) is 23.1 Å². The second kappa shape index (κ2) is 10.5. The van der Waals surface area contributed by atoms with Gasteiger partial charge in [0.25, 0.3) is 5.91 Å². The van der Waals surface area contributed by atoms with Crippen molar-refractivity contribution >= 4 is 27.6 Å². The van der Waals surface area contributed by atoms with Gasteiger partial charge in [-0.05, 0) is 39.0 Å². The van der Waals surface area contributed by atoms with Gasteiger partial charge < -0.3 is 25.4 Å². The highest BCUT2D eigenvalue weighted by molar-refractivity contribution is 7.88. The quantitative estimate of drug-likeness (QED) is 0.552. The molecule has 1 aromatic rings. The molecule has 2 rings (SSSR count). The summed E-state index contributed by atoms with van der Waals surface area (Å²) >= 11 is 0. The molecule has 0 unspecified atom stereocenters. The molecule has 11 heteroatoms. The maximum atomic E-state index is 13.3. The molecule has 0 saturated carbocycles. The standard InChI is InChI=1S/C21H34N4O6S/c1-13(2)22-21(28)23-16-7-8-18-17(9-16)20(27)25(15(4)12-26)10-14(3)19(31-18)11-24(5)32(6,29)30/h7-9,13-15,19,26H,10-12H2,1-6H3,(H2,22,23,28)/t14-,15-,19+/m0/s1. The SMILES string of the molecule is CC(C)NC(=O)Nc1ccc2c(c1)C(=O)N([C@@H](C)CO)C[C@H](C)[C@@H](CN(C)S(C)(=O)=O)O2. The van der Waals surface area contributed by atoms with Crippen LogP contribution < -0.4 is 15.4 Å². The molecule has 32 heavy (non-hydrogen) atoms. The monoisotopic (exact) mass is 470 g/mol. The number of nitrogens with zero attached hydrogens (tertiary/aromatic N) is 2. The summed E-state index contributed by atoms with van der Waals surface area (Å²) in [7, 11) is -1.94. The molecule has 1 heterocycles. The van der Waals surface area contributed by atoms with E-state index >= 15 is 0 Å². The second-order valence-electron chi connectivity index (χ2n) is 8.63. The molecule has 0 saturated heterocycles. The van der Waals surface area contributed by atoms with Crippen molar-refractivity contribution in [3.63, 3.8) is 0 Å². The molecule has 3 N–H and O–H groups in total. The molecular weight excluding hydrogens is 436 g/mol. The fourth-order valence-corrected chi connectivity index (χ4v) is 3.75. The van der Waals surface area contributed by atoms with E-state index in [1.54, 1.807) is 24.0 Å². The van der Waals surface area contributed by atoms with Gasteiger partial charge in [0, 0.05) is 31.2 Å². The highest BCUT2D eigenvalue weighted by Crippen LogP contribution is 2.30. The number of aliphatic hydroxyl groups is 1. The Hall–Kier alpha value is -2.37. The molecule has 1 aliphatic heterocycles. The smallest absolute Gasteiger partial charge is 0.319 e. The van der Waals surface area contributed by atoms with Crippen molar-refractivity contribution in [2.75, 3.05) is 38.3 Å². The number of sulfonamides is 1. The number of likely N-dealkylation sites (N-methyl/N-ethyl adjacent to an activating group) is 1. The Morgan fingerprint density at radius 1 is 1.34 bits per heavy atom. The molecule has 3 atom stereocenters. The van der Waals surface area contributed by atoms with Gasteiger partial charge in [-0.3, -0.25) is 4.79 Å². The topological polar surface area (TPSA) is 128 Å². The van der Waals surface area contributed by atoms with Gasteiger partial charge in [0.05, 0.1) is 31.0 Å². The molecule has 0 radical (unpaired) electrons. The molecule has 3 amide bonds. The van der Waals surface area contributed by atoms with Crippen molar-refractivity contribution in [2.24, 2.45) is 5.92 Å². The van der Waals surface area contributed by atoms with Crippen LogP contribution in [-0.2, 0) is 10.0 Å². The number of hydrogen-bond acceptors (Lipinski definition) is 6. The van der Waals surface area contributed by atoms with Crippen molar-refractivity contribution in [2.45, 2.75) is 45.9 Å². The van der Waals surface area contributed by atoms with Crippen LogP contribution in [0.3, 0.4) is 0 Å². The third kappa shape index (κ3) is 6.57. The summed E-state index contributed by atoms with van der Waals surface area (Å²) in [6.45, 7) is 7.43. The maximum absolute atomic E-state index is 13.3. The van der Waals surface area contributed by atoms with Gasteiger partial charge in [0.15, 0.2) is 0 Å². The van der Waals surface area contributed by atoms with Crippen molar-refractivity contribution in [1.29, 1.82) is 0 Å². The van der Waals surface area contributed by atoms with Crippen LogP contribution in [-0.4, -0.2) is 85.9 Å². The molecular formula is C21H34N4O6S. The second-order valence-corrected chi connectivity index (χ2v) is 10.7. The van der Waals surface area contributed by atoms with Crippen molar-refractivity contribution < 1.29 is 27.9 Å². The summed E-state index contributed by atoms with van der Waals surface area (Å²) in [5, 5.41) is 15.1. The summed E-state index contributed by atoms with van der Waals surface area (Å²) in [4.78, 5) is 27.0. The van der Waals surface area contributed by atoms with E-state index in [0.29, 0.717) is 11.4 Å². The number of amides is 3. The molecule has 0 fully saturated rings. The molecule has 180 valence electrons. The third-order valence-electron chi connectivity index (χ3n) is 5.35. The van der Waals surface area contributed by atoms with E-state index in [2.05, 4.69) is 10.6 Å². The summed E-state index contributed by atoms with van der Waals surface area (Å²) in [6, 6.07) is 3.83. The number of aliphatic hydroxyl groups excluding tert-OH is 1. The normalized spacial score (nSPS) is 20.3. The zero-order valence-electron chi connectivity index (χ0n) is 19.5. The molecule has 10 nitrogen and oxygen atoms in total. The lowest BCUT2D eigenvalue weighted by Crippen LogP contribution is -2.50. The van der Waals surface area contributed by atoms with Crippen LogP contribution in [0.4, 0.5) is 10.5 Å². The molecule has 0 bridgehead atoms. The van der Waals surface area contributed by atoms with Crippen LogP contribution in [0.2, 0.25) is 0 Å². The van der Waals surface area contributed by atoms with Crippen LogP contribution in [0.1, 0.15) is 38.1 Å². The Morgan fingerprint density at radius 3 is 2.56 bits per heavy atom. The fourth-order valence-electron chi connectivity index (χ4n) is 3.34. The lowest BCUT2D eigenvalue weighted by Gasteiger charge is -2.38. The Balaban J connectivity index is 2.44. The predicted octanol–water partition coefficient (Wildman–Crippen LogP) is 1.33. The Morgan fingerprint density at radius 2 is 2.00 bits per heavy atom. The van der Waals surface area contributed by atoms with Gasteiger partial charge in [0.1, 0.15) is 11.9 Å². The van der Waals surface area contributed by atoms with E-state index in [0.717, 1.165) is 6.26 Å². The zero-order valence-corrected chi connectivity index (χ0v) is 20.3. The zero-order chi connectivity index (χ0) is 24.2. The summed E-state index contributed by atoms with van der Waals surface area (Å²) in [5.41, 5.74) is 0.639. The first-order valence-electron chi connectivity index (χ1n) is 10.5. The van der Waals surface area contributed by atoms with E-state index in [1.807, 2.05) is 20.8 Å². The first-order chi connectivity index (χ1) is 14.8. The highest BCUT2D eigenvalue weighted by Gasteiger charge is 2.34. The number of fused-ring (bicyclic) bond motifs is 1. The number of anilines is 1. The van der Waals surface area contributed by atoms with Gasteiger partial charge >= 0.3 is 6.03 Å². The van der Waals surface area contributed by atoms with Crippen LogP contribution in [0.25, 0.3) is 0 Å². The predicted molar refractivity (Wildman–Crippen MR) is 122 cm³/mol. The molecule has 1 aliphatic rings. The van der Waals surface area contributed by atoms with Crippen molar-refractivity contribution in [3.8, 4) is 5.75 Å². The summed E-state index contributed by atoms with van der Waals surface area (Å²) in [5.74, 6) is -0.255. The minimum Gasteiger partial charge on any atom is -0.488 e. The van der Waals surface area contributed by atoms with Gasteiger partial charge in [-0.15, -0.1) is 0 Å². The van der Waals surface area contributed by atoms with E-state index < -0.39 is 28.2 Å². The molecule has 0 aromatic heterocycles. The number of benzene rings is 1. The number of ether oxygens (including phenoxy) is 1. The number of hydrogen-bond donors (Lipinski definition) is 3. The van der Waals surface area contributed by atoms with Gasteiger partial charge in [-0.1, -0.05) is 6.92 Å². The average Bonchev–Trinajstić information content (AvgIpc) is 2.69. The number of urea groups is 1. The van der Waals surface area contributed by atoms with Crippen LogP contribution >= 0.6 is 0 Å². The Kier molecular flexibility index (Phi) is 8.49. The van der Waals surface area contributed by atoms with Gasteiger partial charge in [-0.2, -0.15) is 0 Å². The van der Waals surface area contributed by atoms with Crippen molar-refractivity contribution in [3.05, 3.63) is 23.8 Å². The largest absolute Gasteiger partial charge is 0.488 e. The average molecular weight is 471 g/mol. The number of nitrogens with one attached hydrogen (secondary N) is 2. The summed E-state index contributed by atoms with van der Waals surface area (Å²) < 4.78 is 31.2. The Bertz CT molecular complexity index is 936. The number of carbonyl (C=O) groups is 2. The van der Waals surface area contributed by atoms with E-state index in [-0.39, 0.29) is 43.1 Å². The van der Waals surface area contributed by atoms with Crippen LogP contribution in [0.5, 0.6) is 5.75 Å². The molecule has 0 spiro atoms. The molecule has 0 aliphatic carbocycles. The summed E-state index contributed by atoms with van der Waals surface area (Å²) in [6.07, 6.45) is 0.594. The minimum atomic E-state index is -3.42. The third-order valence-corrected chi connectivity index (χ3v) is 6.63. The van der Waals surface area contributed by atoms with E-state index in [4.69, 9.17) is 4.74 Å². The molecule has 1 aromatic carbocycles. The van der Waals surface area contributed by atoms with Gasteiger partial charge in [0.2, 0.25) is 10.0 Å². The maximum Gasteiger partial charge on any atom is 0.319 e. The van der Waals surface area contributed by atoms with Crippen LogP contribution in [0.15, 0.2) is 18.2 Å². The van der Waals surface area contributed by atoms with Gasteiger partial charge in [-0.25, -0.2) is 17.5 Å². The lowest BCUT2D eigenvalue weighted by atomic mass is 9.99. The Labute approximate surface area is 190 Å². The highest BCUT2D eigenvalue weighted by atomic mass is 32.2. The number of carbonyl (C=O) groups excluding carboxylic acids is 2. The minimum absolute atomic E-state index is 0.0562. The lowest BCUT2D eigenvalue weighted by molar-refractivity contribution is 0.0387. The fraction of sp³-hybridized carbons (Fsp3) is 0.619.